The molecule has 0 spiro atoms. The number of amides is 1. The van der Waals surface area contributed by atoms with Gasteiger partial charge in [0.15, 0.2) is 0 Å². The summed E-state index contributed by atoms with van der Waals surface area (Å²) >= 11 is 0. The molecule has 1 aromatic heterocycles. The maximum atomic E-state index is 13.1. The van der Waals surface area contributed by atoms with Crippen molar-refractivity contribution in [2.45, 2.75) is 6.04 Å². The predicted octanol–water partition coefficient (Wildman–Crippen LogP) is 0.956. The maximum absolute atomic E-state index is 13.1. The Morgan fingerprint density at radius 3 is 2.60 bits per heavy atom. The molecule has 3 fully saturated rings. The van der Waals surface area contributed by atoms with E-state index in [1.165, 1.54) is 12.1 Å². The Balaban J connectivity index is 1.43. The van der Waals surface area contributed by atoms with Crippen LogP contribution in [0, 0.1) is 5.82 Å². The Kier molecular flexibility index (Phi) is 4.27. The number of hydrogen-bond acceptors (Lipinski definition) is 4. The van der Waals surface area contributed by atoms with Gasteiger partial charge in [-0.05, 0) is 30.3 Å². The van der Waals surface area contributed by atoms with E-state index in [0.717, 1.165) is 38.3 Å². The molecular formula is C18H22FN5O. The molecule has 1 atom stereocenters. The first kappa shape index (κ1) is 16.2. The summed E-state index contributed by atoms with van der Waals surface area (Å²) in [5.74, 6) is -0.411. The van der Waals surface area contributed by atoms with Crippen molar-refractivity contribution < 1.29 is 9.18 Å². The molecule has 1 amide bonds. The van der Waals surface area contributed by atoms with Crippen molar-refractivity contribution in [3.63, 3.8) is 0 Å². The number of benzene rings is 1. The fourth-order valence-electron chi connectivity index (χ4n) is 3.66. The molecule has 132 valence electrons. The average molecular weight is 343 g/mol. The smallest absolute Gasteiger partial charge is 0.269 e. The van der Waals surface area contributed by atoms with Crippen LogP contribution in [0.25, 0.3) is 11.3 Å². The Hall–Kier alpha value is -2.25. The number of hydrogen-bond donors (Lipinski definition) is 1. The van der Waals surface area contributed by atoms with Crippen LogP contribution in [0.1, 0.15) is 10.5 Å². The predicted molar refractivity (Wildman–Crippen MR) is 92.7 cm³/mol. The van der Waals surface area contributed by atoms with Crippen molar-refractivity contribution in [2.75, 3.05) is 39.3 Å². The van der Waals surface area contributed by atoms with Crippen LogP contribution >= 0.6 is 0 Å². The number of carbonyl (C=O) groups excluding carboxylic acids is 1. The van der Waals surface area contributed by atoms with Gasteiger partial charge in [-0.1, -0.05) is 0 Å². The second kappa shape index (κ2) is 6.57. The first-order chi connectivity index (χ1) is 12.1. The zero-order chi connectivity index (χ0) is 17.4. The minimum Gasteiger partial charge on any atom is -0.349 e. The first-order valence-corrected chi connectivity index (χ1v) is 8.65. The lowest BCUT2D eigenvalue weighted by atomic mass is 10.1. The number of aromatic nitrogens is 2. The van der Waals surface area contributed by atoms with Gasteiger partial charge in [-0.25, -0.2) is 4.39 Å². The highest BCUT2D eigenvalue weighted by atomic mass is 19.1. The van der Waals surface area contributed by atoms with Gasteiger partial charge in [0.05, 0.1) is 5.69 Å². The summed E-state index contributed by atoms with van der Waals surface area (Å²) in [6.07, 6.45) is 0. The van der Waals surface area contributed by atoms with Crippen LogP contribution in [0.2, 0.25) is 0 Å². The van der Waals surface area contributed by atoms with E-state index in [-0.39, 0.29) is 11.7 Å². The Morgan fingerprint density at radius 1 is 1.24 bits per heavy atom. The molecule has 0 radical (unpaired) electrons. The molecule has 3 saturated heterocycles. The highest BCUT2D eigenvalue weighted by Crippen LogP contribution is 2.19. The van der Waals surface area contributed by atoms with Crippen LogP contribution in [0.4, 0.5) is 4.39 Å². The molecule has 1 N–H and O–H groups in total. The van der Waals surface area contributed by atoms with Crippen molar-refractivity contribution in [3.05, 3.63) is 41.8 Å². The molecule has 6 nitrogen and oxygen atoms in total. The molecule has 25 heavy (non-hydrogen) atoms. The molecule has 7 heteroatoms. The standard InChI is InChI=1S/C18H22FN5O/c1-22-17(10-16(21-22)13-2-4-14(19)5-3-13)18(25)20-11-15-12-23-6-8-24(15)9-7-23/h2-5,10,15H,6-9,11-12H2,1H3,(H,20,25). The zero-order valence-corrected chi connectivity index (χ0v) is 14.3. The number of piperazine rings is 3. The van der Waals surface area contributed by atoms with Crippen molar-refractivity contribution in [2.24, 2.45) is 7.05 Å². The normalized spacial score (nSPS) is 25.1. The van der Waals surface area contributed by atoms with E-state index in [9.17, 15) is 9.18 Å². The van der Waals surface area contributed by atoms with Gasteiger partial charge < -0.3 is 5.32 Å². The molecule has 4 heterocycles. The van der Waals surface area contributed by atoms with Crippen LogP contribution in [0.3, 0.4) is 0 Å². The SMILES string of the molecule is Cn1nc(-c2ccc(F)cc2)cc1C(=O)NCC1CN2CCN1CC2. The van der Waals surface area contributed by atoms with Crippen LogP contribution in [0.5, 0.6) is 0 Å². The monoisotopic (exact) mass is 343 g/mol. The number of aryl methyl sites for hydroxylation is 1. The fraction of sp³-hybridized carbons (Fsp3) is 0.444. The van der Waals surface area contributed by atoms with Crippen LogP contribution < -0.4 is 5.32 Å². The summed E-state index contributed by atoms with van der Waals surface area (Å²) in [7, 11) is 1.75. The van der Waals surface area contributed by atoms with Gasteiger partial charge in [0, 0.05) is 57.9 Å². The van der Waals surface area contributed by atoms with E-state index in [2.05, 4.69) is 20.2 Å². The minimum absolute atomic E-state index is 0.124. The summed E-state index contributed by atoms with van der Waals surface area (Å²) in [4.78, 5) is 17.5. The molecular weight excluding hydrogens is 321 g/mol. The zero-order valence-electron chi connectivity index (χ0n) is 14.3. The fourth-order valence-corrected chi connectivity index (χ4v) is 3.66. The highest BCUT2D eigenvalue weighted by molar-refractivity contribution is 5.93. The Labute approximate surface area is 146 Å². The quantitative estimate of drug-likeness (QED) is 0.898. The Morgan fingerprint density at radius 2 is 1.96 bits per heavy atom. The van der Waals surface area contributed by atoms with Crippen molar-refractivity contribution in [3.8, 4) is 11.3 Å². The van der Waals surface area contributed by atoms with E-state index >= 15 is 0 Å². The first-order valence-electron chi connectivity index (χ1n) is 8.65. The summed E-state index contributed by atoms with van der Waals surface area (Å²) in [6, 6.07) is 8.26. The molecule has 3 aliphatic heterocycles. The molecule has 5 rings (SSSR count). The number of carbonyl (C=O) groups is 1. The van der Waals surface area contributed by atoms with Crippen LogP contribution in [0.15, 0.2) is 30.3 Å². The molecule has 2 aromatic rings. The number of nitrogens with one attached hydrogen (secondary N) is 1. The number of nitrogens with zero attached hydrogens (tertiary/aromatic N) is 4. The summed E-state index contributed by atoms with van der Waals surface area (Å²) < 4.78 is 14.6. The van der Waals surface area contributed by atoms with E-state index in [1.807, 2.05) is 0 Å². The molecule has 1 unspecified atom stereocenters. The van der Waals surface area contributed by atoms with E-state index in [0.29, 0.717) is 24.0 Å². The topological polar surface area (TPSA) is 53.4 Å². The van der Waals surface area contributed by atoms with E-state index in [1.54, 1.807) is 29.9 Å². The highest BCUT2D eigenvalue weighted by Gasteiger charge is 2.32. The molecule has 0 aliphatic carbocycles. The van der Waals surface area contributed by atoms with Gasteiger partial charge >= 0.3 is 0 Å². The lowest BCUT2D eigenvalue weighted by Crippen LogP contribution is -2.63. The van der Waals surface area contributed by atoms with Crippen molar-refractivity contribution in [1.29, 1.82) is 0 Å². The van der Waals surface area contributed by atoms with Gasteiger partial charge in [0.2, 0.25) is 0 Å². The average Bonchev–Trinajstić information content (AvgIpc) is 3.03. The minimum atomic E-state index is -0.287. The largest absolute Gasteiger partial charge is 0.349 e. The molecule has 3 aliphatic rings. The van der Waals surface area contributed by atoms with E-state index in [4.69, 9.17) is 0 Å². The summed E-state index contributed by atoms with van der Waals surface area (Å²) in [6.45, 7) is 6.10. The lowest BCUT2D eigenvalue weighted by molar-refractivity contribution is 0.0138. The summed E-state index contributed by atoms with van der Waals surface area (Å²) in [5.41, 5.74) is 1.97. The molecule has 1 aromatic carbocycles. The van der Waals surface area contributed by atoms with Crippen LogP contribution in [-0.2, 0) is 7.05 Å². The number of halogens is 1. The van der Waals surface area contributed by atoms with Gasteiger partial charge in [0.25, 0.3) is 5.91 Å². The van der Waals surface area contributed by atoms with Crippen LogP contribution in [-0.4, -0.2) is 70.8 Å². The third-order valence-electron chi connectivity index (χ3n) is 5.14. The molecule has 0 saturated carbocycles. The Bertz CT molecular complexity index is 764. The third-order valence-corrected chi connectivity index (χ3v) is 5.14. The number of rotatable bonds is 4. The lowest BCUT2D eigenvalue weighted by Gasteiger charge is -2.47. The second-order valence-electron chi connectivity index (χ2n) is 6.75. The van der Waals surface area contributed by atoms with Gasteiger partial charge in [-0.15, -0.1) is 0 Å². The van der Waals surface area contributed by atoms with Gasteiger partial charge in [-0.3, -0.25) is 19.3 Å². The maximum Gasteiger partial charge on any atom is 0.269 e. The van der Waals surface area contributed by atoms with E-state index < -0.39 is 0 Å². The molecule has 2 bridgehead atoms. The van der Waals surface area contributed by atoms with Crippen molar-refractivity contribution >= 4 is 5.91 Å². The number of fused-ring (bicyclic) bond motifs is 3. The van der Waals surface area contributed by atoms with Crippen molar-refractivity contribution in [1.82, 2.24) is 24.9 Å². The third kappa shape index (κ3) is 3.29. The van der Waals surface area contributed by atoms with Gasteiger partial charge in [-0.2, -0.15) is 5.10 Å². The van der Waals surface area contributed by atoms with Gasteiger partial charge in [0.1, 0.15) is 11.5 Å². The summed E-state index contributed by atoms with van der Waals surface area (Å²) in [5, 5.41) is 7.42. The second-order valence-corrected chi connectivity index (χ2v) is 6.75.